The van der Waals surface area contributed by atoms with Gasteiger partial charge in [-0.05, 0) is 30.8 Å². The molecule has 1 aromatic rings. The van der Waals surface area contributed by atoms with E-state index < -0.39 is 0 Å². The lowest BCUT2D eigenvalue weighted by Gasteiger charge is -2.33. The Bertz CT molecular complexity index is 397. The number of carbonyl (C=O) groups excluding carboxylic acids is 1. The number of hydrogen-bond donors (Lipinski definition) is 0. The van der Waals surface area contributed by atoms with Gasteiger partial charge < -0.3 is 4.90 Å². The van der Waals surface area contributed by atoms with Crippen LogP contribution in [0.4, 0.5) is 4.39 Å². The van der Waals surface area contributed by atoms with Crippen molar-refractivity contribution in [2.45, 2.75) is 6.92 Å². The summed E-state index contributed by atoms with van der Waals surface area (Å²) >= 11 is 0. The van der Waals surface area contributed by atoms with Crippen LogP contribution >= 0.6 is 0 Å². The van der Waals surface area contributed by atoms with Gasteiger partial charge in [-0.1, -0.05) is 6.92 Å². The van der Waals surface area contributed by atoms with Crippen molar-refractivity contribution in [2.75, 3.05) is 39.3 Å². The molecule has 0 atom stereocenters. The molecule has 0 radical (unpaired) electrons. The van der Waals surface area contributed by atoms with Crippen LogP contribution in [0.15, 0.2) is 24.3 Å². The number of nitrogens with zero attached hydrogens (tertiary/aromatic N) is 2. The Labute approximate surface area is 107 Å². The van der Waals surface area contributed by atoms with Crippen molar-refractivity contribution in [3.8, 4) is 0 Å². The maximum Gasteiger partial charge on any atom is 0.176 e. The maximum absolute atomic E-state index is 12.8. The van der Waals surface area contributed by atoms with Crippen LogP contribution in [0.25, 0.3) is 0 Å². The molecule has 1 saturated heterocycles. The molecule has 0 spiro atoms. The van der Waals surface area contributed by atoms with E-state index in [2.05, 4.69) is 16.7 Å². The van der Waals surface area contributed by atoms with E-state index in [0.717, 1.165) is 32.7 Å². The first-order valence-corrected chi connectivity index (χ1v) is 6.42. The molecule has 98 valence electrons. The van der Waals surface area contributed by atoms with Crippen LogP contribution in [-0.4, -0.2) is 54.9 Å². The Balaban J connectivity index is 1.86. The normalized spacial score (nSPS) is 17.9. The lowest BCUT2D eigenvalue weighted by atomic mass is 10.1. The Morgan fingerprint density at radius 2 is 1.67 bits per heavy atom. The molecule has 3 nitrogen and oxygen atoms in total. The van der Waals surface area contributed by atoms with Crippen LogP contribution in [-0.2, 0) is 0 Å². The van der Waals surface area contributed by atoms with Crippen molar-refractivity contribution in [1.29, 1.82) is 0 Å². The van der Waals surface area contributed by atoms with Crippen LogP contribution in [0.1, 0.15) is 17.3 Å². The SMILES string of the molecule is CCN1CCN(CC(=O)c2ccc(F)cc2)CC1. The van der Waals surface area contributed by atoms with E-state index in [-0.39, 0.29) is 11.6 Å². The summed E-state index contributed by atoms with van der Waals surface area (Å²) in [5.41, 5.74) is 0.592. The molecule has 0 aliphatic carbocycles. The lowest BCUT2D eigenvalue weighted by Crippen LogP contribution is -2.47. The van der Waals surface area contributed by atoms with Gasteiger partial charge in [0.25, 0.3) is 0 Å². The van der Waals surface area contributed by atoms with Crippen molar-refractivity contribution in [3.63, 3.8) is 0 Å². The molecule has 1 heterocycles. The molecule has 0 bridgehead atoms. The minimum absolute atomic E-state index is 0.0694. The number of hydrogen-bond acceptors (Lipinski definition) is 3. The van der Waals surface area contributed by atoms with Crippen molar-refractivity contribution < 1.29 is 9.18 Å². The molecule has 0 amide bonds. The summed E-state index contributed by atoms with van der Waals surface area (Å²) in [6.45, 7) is 7.56. The van der Waals surface area contributed by atoms with E-state index in [9.17, 15) is 9.18 Å². The van der Waals surface area contributed by atoms with Gasteiger partial charge in [-0.15, -0.1) is 0 Å². The van der Waals surface area contributed by atoms with Gasteiger partial charge in [-0.25, -0.2) is 4.39 Å². The van der Waals surface area contributed by atoms with Crippen molar-refractivity contribution in [2.24, 2.45) is 0 Å². The van der Waals surface area contributed by atoms with E-state index in [4.69, 9.17) is 0 Å². The Kier molecular flexibility index (Phi) is 4.44. The Hall–Kier alpha value is -1.26. The summed E-state index contributed by atoms with van der Waals surface area (Å²) in [6, 6.07) is 5.78. The third kappa shape index (κ3) is 3.37. The largest absolute Gasteiger partial charge is 0.301 e. The molecule has 1 aliphatic rings. The number of carbonyl (C=O) groups is 1. The molecule has 0 N–H and O–H groups in total. The molecule has 0 saturated carbocycles. The van der Waals surface area contributed by atoms with Crippen molar-refractivity contribution in [1.82, 2.24) is 9.80 Å². The summed E-state index contributed by atoms with van der Waals surface area (Å²) in [6.07, 6.45) is 0. The topological polar surface area (TPSA) is 23.6 Å². The molecule has 1 aromatic carbocycles. The fraction of sp³-hybridized carbons (Fsp3) is 0.500. The van der Waals surface area contributed by atoms with Crippen molar-refractivity contribution >= 4 is 5.78 Å². The molecule has 4 heteroatoms. The summed E-state index contributed by atoms with van der Waals surface area (Å²) in [4.78, 5) is 16.5. The summed E-state index contributed by atoms with van der Waals surface area (Å²) in [5, 5.41) is 0. The molecule has 2 rings (SSSR count). The number of Topliss-reactive ketones (excluding diaryl/α,β-unsaturated/α-hetero) is 1. The van der Waals surface area contributed by atoms with E-state index >= 15 is 0 Å². The highest BCUT2D eigenvalue weighted by Crippen LogP contribution is 2.07. The van der Waals surface area contributed by atoms with Gasteiger partial charge in [0.05, 0.1) is 6.54 Å². The van der Waals surface area contributed by atoms with Gasteiger partial charge in [-0.3, -0.25) is 9.69 Å². The van der Waals surface area contributed by atoms with Gasteiger partial charge in [0, 0.05) is 31.7 Å². The number of benzene rings is 1. The second-order valence-corrected chi connectivity index (χ2v) is 4.64. The number of rotatable bonds is 4. The predicted molar refractivity (Wildman–Crippen MR) is 69.3 cm³/mol. The zero-order chi connectivity index (χ0) is 13.0. The summed E-state index contributed by atoms with van der Waals surface area (Å²) in [5.74, 6) is -0.233. The van der Waals surface area contributed by atoms with Crippen LogP contribution in [0.2, 0.25) is 0 Å². The van der Waals surface area contributed by atoms with Gasteiger partial charge in [-0.2, -0.15) is 0 Å². The minimum Gasteiger partial charge on any atom is -0.301 e. The highest BCUT2D eigenvalue weighted by molar-refractivity contribution is 5.97. The molecule has 0 unspecified atom stereocenters. The Morgan fingerprint density at radius 1 is 1.11 bits per heavy atom. The van der Waals surface area contributed by atoms with Crippen molar-refractivity contribution in [3.05, 3.63) is 35.6 Å². The van der Waals surface area contributed by atoms with Crippen LogP contribution < -0.4 is 0 Å². The Morgan fingerprint density at radius 3 is 2.22 bits per heavy atom. The smallest absolute Gasteiger partial charge is 0.176 e. The van der Waals surface area contributed by atoms with Gasteiger partial charge in [0.2, 0.25) is 0 Å². The van der Waals surface area contributed by atoms with Crippen LogP contribution in [0, 0.1) is 5.82 Å². The fourth-order valence-corrected chi connectivity index (χ4v) is 2.19. The third-order valence-electron chi connectivity index (χ3n) is 3.45. The monoisotopic (exact) mass is 250 g/mol. The second kappa shape index (κ2) is 6.07. The average molecular weight is 250 g/mol. The highest BCUT2D eigenvalue weighted by atomic mass is 19.1. The number of halogens is 1. The van der Waals surface area contributed by atoms with E-state index in [1.807, 2.05) is 0 Å². The average Bonchev–Trinajstić information content (AvgIpc) is 2.40. The van der Waals surface area contributed by atoms with E-state index in [0.29, 0.717) is 12.1 Å². The first-order valence-electron chi connectivity index (χ1n) is 6.42. The zero-order valence-electron chi connectivity index (χ0n) is 10.7. The molecular formula is C14H19FN2O. The summed E-state index contributed by atoms with van der Waals surface area (Å²) < 4.78 is 12.8. The maximum atomic E-state index is 12.8. The summed E-state index contributed by atoms with van der Waals surface area (Å²) in [7, 11) is 0. The molecule has 18 heavy (non-hydrogen) atoms. The number of ketones is 1. The molecule has 1 fully saturated rings. The molecule has 1 aliphatic heterocycles. The lowest BCUT2D eigenvalue weighted by molar-refractivity contribution is 0.0859. The van der Waals surface area contributed by atoms with Crippen LogP contribution in [0.3, 0.4) is 0 Å². The number of likely N-dealkylation sites (N-methyl/N-ethyl adjacent to an activating group) is 1. The molecule has 0 aromatic heterocycles. The minimum atomic E-state index is -0.303. The standard InChI is InChI=1S/C14H19FN2O/c1-2-16-7-9-17(10-8-16)11-14(18)12-3-5-13(15)6-4-12/h3-6H,2,7-11H2,1H3. The fourth-order valence-electron chi connectivity index (χ4n) is 2.19. The van der Waals surface area contributed by atoms with Gasteiger partial charge >= 0.3 is 0 Å². The zero-order valence-corrected chi connectivity index (χ0v) is 10.7. The molecular weight excluding hydrogens is 231 g/mol. The second-order valence-electron chi connectivity index (χ2n) is 4.64. The number of piperazine rings is 1. The van der Waals surface area contributed by atoms with Gasteiger partial charge in [0.15, 0.2) is 5.78 Å². The van der Waals surface area contributed by atoms with Crippen LogP contribution in [0.5, 0.6) is 0 Å². The van der Waals surface area contributed by atoms with Gasteiger partial charge in [0.1, 0.15) is 5.82 Å². The predicted octanol–water partition coefficient (Wildman–Crippen LogP) is 1.65. The first-order chi connectivity index (χ1) is 8.69. The van der Waals surface area contributed by atoms with E-state index in [1.54, 1.807) is 12.1 Å². The first kappa shape index (κ1) is 13.2. The van der Waals surface area contributed by atoms with E-state index in [1.165, 1.54) is 12.1 Å². The highest BCUT2D eigenvalue weighted by Gasteiger charge is 2.18. The third-order valence-corrected chi connectivity index (χ3v) is 3.45. The quantitative estimate of drug-likeness (QED) is 0.759.